The Kier molecular flexibility index (Phi) is 7.33. The number of benzene rings is 3. The molecule has 30 heavy (non-hydrogen) atoms. The van der Waals surface area contributed by atoms with Crippen molar-refractivity contribution in [2.75, 3.05) is 5.75 Å². The lowest BCUT2D eigenvalue weighted by Crippen LogP contribution is -1.98. The average molecular weight is 423 g/mol. The van der Waals surface area contributed by atoms with Crippen molar-refractivity contribution < 1.29 is 15.3 Å². The molecule has 0 unspecified atom stereocenters. The van der Waals surface area contributed by atoms with Crippen LogP contribution in [0.25, 0.3) is 0 Å². The summed E-state index contributed by atoms with van der Waals surface area (Å²) in [6.45, 7) is 6.16. The van der Waals surface area contributed by atoms with E-state index in [0.717, 1.165) is 56.9 Å². The summed E-state index contributed by atoms with van der Waals surface area (Å²) in [5.74, 6) is 1.73. The molecule has 158 valence electrons. The standard InChI is InChI=1S/C26H30O3S/c1-4-5-10-30-23-15-21(13-19-11-17(2)6-8-24(19)27)26(29)22(16-23)14-20-12-18(3)7-9-25(20)28/h6-9,11-12,15-16,27-29H,4-5,10,13-14H2,1-3H3. The summed E-state index contributed by atoms with van der Waals surface area (Å²) in [6.07, 6.45) is 3.18. The van der Waals surface area contributed by atoms with E-state index in [1.54, 1.807) is 23.9 Å². The maximum Gasteiger partial charge on any atom is 0.122 e. The second-order valence-corrected chi connectivity index (χ2v) is 9.08. The van der Waals surface area contributed by atoms with Gasteiger partial charge in [-0.15, -0.1) is 11.8 Å². The van der Waals surface area contributed by atoms with Gasteiger partial charge in [0, 0.05) is 17.7 Å². The van der Waals surface area contributed by atoms with Crippen molar-refractivity contribution in [1.82, 2.24) is 0 Å². The van der Waals surface area contributed by atoms with E-state index in [9.17, 15) is 15.3 Å². The maximum absolute atomic E-state index is 11.1. The van der Waals surface area contributed by atoms with Crippen molar-refractivity contribution in [2.24, 2.45) is 0 Å². The molecule has 0 aliphatic heterocycles. The third-order valence-electron chi connectivity index (χ3n) is 5.24. The highest BCUT2D eigenvalue weighted by molar-refractivity contribution is 7.99. The molecule has 3 nitrogen and oxygen atoms in total. The molecule has 3 N–H and O–H groups in total. The highest BCUT2D eigenvalue weighted by Gasteiger charge is 2.15. The van der Waals surface area contributed by atoms with E-state index in [4.69, 9.17) is 0 Å². The lowest BCUT2D eigenvalue weighted by Gasteiger charge is -2.15. The summed E-state index contributed by atoms with van der Waals surface area (Å²) in [6, 6.07) is 15.1. The Hall–Kier alpha value is -2.59. The van der Waals surface area contributed by atoms with Crippen molar-refractivity contribution >= 4 is 11.8 Å². The van der Waals surface area contributed by atoms with Crippen molar-refractivity contribution in [3.8, 4) is 17.2 Å². The maximum atomic E-state index is 11.1. The van der Waals surface area contributed by atoms with Gasteiger partial charge < -0.3 is 15.3 Å². The van der Waals surface area contributed by atoms with Gasteiger partial charge in [-0.25, -0.2) is 0 Å². The molecule has 0 amide bonds. The number of hydrogen-bond acceptors (Lipinski definition) is 4. The number of unbranched alkanes of at least 4 members (excludes halogenated alkanes) is 1. The van der Waals surface area contributed by atoms with Crippen molar-refractivity contribution in [3.05, 3.63) is 81.9 Å². The Labute approximate surface area is 183 Å². The van der Waals surface area contributed by atoms with Crippen LogP contribution in [-0.4, -0.2) is 21.1 Å². The van der Waals surface area contributed by atoms with Crippen LogP contribution in [0.1, 0.15) is 53.1 Å². The van der Waals surface area contributed by atoms with Gasteiger partial charge in [-0.05, 0) is 72.5 Å². The molecule has 0 radical (unpaired) electrons. The largest absolute Gasteiger partial charge is 0.508 e. The quantitative estimate of drug-likeness (QED) is 0.287. The third kappa shape index (κ3) is 5.51. The fourth-order valence-corrected chi connectivity index (χ4v) is 4.66. The zero-order chi connectivity index (χ0) is 21.7. The van der Waals surface area contributed by atoms with Gasteiger partial charge in [-0.3, -0.25) is 0 Å². The summed E-state index contributed by atoms with van der Waals surface area (Å²) in [5, 5.41) is 31.6. The lowest BCUT2D eigenvalue weighted by molar-refractivity contribution is 0.456. The van der Waals surface area contributed by atoms with Gasteiger partial charge in [0.1, 0.15) is 17.2 Å². The zero-order valence-corrected chi connectivity index (χ0v) is 18.7. The van der Waals surface area contributed by atoms with Gasteiger partial charge in [-0.1, -0.05) is 48.7 Å². The van der Waals surface area contributed by atoms with E-state index >= 15 is 0 Å². The molecule has 0 saturated heterocycles. The van der Waals surface area contributed by atoms with Crippen LogP contribution < -0.4 is 0 Å². The SMILES string of the molecule is CCCCSc1cc(Cc2cc(C)ccc2O)c(O)c(Cc2cc(C)ccc2O)c1. The first-order valence-electron chi connectivity index (χ1n) is 10.4. The normalized spacial score (nSPS) is 11.0. The number of phenols is 3. The minimum Gasteiger partial charge on any atom is -0.508 e. The molecular formula is C26H30O3S. The minimum atomic E-state index is 0.233. The number of thioether (sulfide) groups is 1. The fraction of sp³-hybridized carbons (Fsp3) is 0.308. The van der Waals surface area contributed by atoms with Gasteiger partial charge in [0.2, 0.25) is 0 Å². The fourth-order valence-electron chi connectivity index (χ4n) is 3.54. The predicted octanol–water partition coefficient (Wildman–Crippen LogP) is 6.49. The van der Waals surface area contributed by atoms with Crippen LogP contribution in [0.3, 0.4) is 0 Å². The molecule has 0 aliphatic rings. The van der Waals surface area contributed by atoms with Crippen LogP contribution >= 0.6 is 11.8 Å². The smallest absolute Gasteiger partial charge is 0.122 e. The number of phenolic OH excluding ortho intramolecular Hbond substituents is 3. The molecule has 0 saturated carbocycles. The molecule has 0 aromatic heterocycles. The molecule has 3 aromatic rings. The van der Waals surface area contributed by atoms with Crippen molar-refractivity contribution in [2.45, 2.75) is 51.3 Å². The third-order valence-corrected chi connectivity index (χ3v) is 6.30. The second kappa shape index (κ2) is 9.94. The first-order chi connectivity index (χ1) is 14.4. The minimum absolute atomic E-state index is 0.233. The molecule has 0 fully saturated rings. The van der Waals surface area contributed by atoms with Crippen LogP contribution in [-0.2, 0) is 12.8 Å². The molecule has 3 rings (SSSR count). The average Bonchev–Trinajstić information content (AvgIpc) is 2.71. The Morgan fingerprint density at radius 1 is 0.700 bits per heavy atom. The lowest BCUT2D eigenvalue weighted by atomic mass is 9.96. The first-order valence-corrected chi connectivity index (χ1v) is 11.4. The monoisotopic (exact) mass is 422 g/mol. The molecule has 0 aliphatic carbocycles. The van der Waals surface area contributed by atoms with Gasteiger partial charge in [0.15, 0.2) is 0 Å². The molecule has 3 aromatic carbocycles. The van der Waals surface area contributed by atoms with Crippen molar-refractivity contribution in [3.63, 3.8) is 0 Å². The van der Waals surface area contributed by atoms with E-state index < -0.39 is 0 Å². The van der Waals surface area contributed by atoms with Gasteiger partial charge >= 0.3 is 0 Å². The molecule has 0 heterocycles. The van der Waals surface area contributed by atoms with E-state index in [1.165, 1.54) is 0 Å². The molecule has 4 heteroatoms. The van der Waals surface area contributed by atoms with Crippen LogP contribution in [0.2, 0.25) is 0 Å². The van der Waals surface area contributed by atoms with Crippen molar-refractivity contribution in [1.29, 1.82) is 0 Å². The molecule has 0 atom stereocenters. The Morgan fingerprint density at radius 2 is 1.20 bits per heavy atom. The first kappa shape index (κ1) is 22.1. The highest BCUT2D eigenvalue weighted by Crippen LogP contribution is 2.35. The summed E-state index contributed by atoms with van der Waals surface area (Å²) in [5.41, 5.74) is 5.32. The Balaban J connectivity index is 2.00. The molecular weight excluding hydrogens is 392 g/mol. The summed E-state index contributed by atoms with van der Waals surface area (Å²) in [4.78, 5) is 1.10. The van der Waals surface area contributed by atoms with Crippen LogP contribution in [0.4, 0.5) is 0 Å². The van der Waals surface area contributed by atoms with Gasteiger partial charge in [-0.2, -0.15) is 0 Å². The summed E-state index contributed by atoms with van der Waals surface area (Å²) in [7, 11) is 0. The van der Waals surface area contributed by atoms with E-state index in [2.05, 4.69) is 6.92 Å². The van der Waals surface area contributed by atoms with E-state index in [1.807, 2.05) is 50.2 Å². The number of rotatable bonds is 8. The number of aryl methyl sites for hydroxylation is 2. The topological polar surface area (TPSA) is 60.7 Å². The predicted molar refractivity (Wildman–Crippen MR) is 125 cm³/mol. The Morgan fingerprint density at radius 3 is 1.67 bits per heavy atom. The van der Waals surface area contributed by atoms with Crippen LogP contribution in [0.15, 0.2) is 53.4 Å². The zero-order valence-electron chi connectivity index (χ0n) is 17.9. The van der Waals surface area contributed by atoms with Gasteiger partial charge in [0.25, 0.3) is 0 Å². The summed E-state index contributed by atoms with van der Waals surface area (Å²) >= 11 is 1.78. The Bertz CT molecular complexity index is 952. The highest BCUT2D eigenvalue weighted by atomic mass is 32.2. The second-order valence-electron chi connectivity index (χ2n) is 7.91. The molecule has 0 spiro atoms. The molecule has 0 bridgehead atoms. The van der Waals surface area contributed by atoms with E-state index in [0.29, 0.717) is 12.8 Å². The number of aromatic hydroxyl groups is 3. The van der Waals surface area contributed by atoms with Gasteiger partial charge in [0.05, 0.1) is 0 Å². The van der Waals surface area contributed by atoms with Crippen LogP contribution in [0, 0.1) is 13.8 Å². The number of hydrogen-bond donors (Lipinski definition) is 3. The van der Waals surface area contributed by atoms with E-state index in [-0.39, 0.29) is 17.2 Å². The van der Waals surface area contributed by atoms with Crippen LogP contribution in [0.5, 0.6) is 17.2 Å². The summed E-state index contributed by atoms with van der Waals surface area (Å²) < 4.78 is 0.